The third-order valence-electron chi connectivity index (χ3n) is 4.49. The Bertz CT molecular complexity index is 812. The van der Waals surface area contributed by atoms with Gasteiger partial charge < -0.3 is 16.0 Å². The second-order valence-corrected chi connectivity index (χ2v) is 6.86. The fraction of sp³-hybridized carbons (Fsp3) is 0.312. The maximum Gasteiger partial charge on any atom is 0.265 e. The number of nitrogens with one attached hydrogen (secondary N) is 1. The Hall–Kier alpha value is -2.48. The van der Waals surface area contributed by atoms with Gasteiger partial charge in [0.05, 0.1) is 17.3 Å². The summed E-state index contributed by atoms with van der Waals surface area (Å²) in [5.74, 6) is -0.176. The Morgan fingerprint density at radius 1 is 1.38 bits per heavy atom. The molecule has 8 heteroatoms. The maximum atomic E-state index is 13.9. The van der Waals surface area contributed by atoms with Gasteiger partial charge in [0.25, 0.3) is 5.91 Å². The van der Waals surface area contributed by atoms with Gasteiger partial charge in [-0.3, -0.25) is 9.78 Å². The highest BCUT2D eigenvalue weighted by atomic mass is 32.1. The number of carbonyl (C=O) groups excluding carboxylic acids is 1. The summed E-state index contributed by atoms with van der Waals surface area (Å²) in [7, 11) is 0. The molecule has 2 aliphatic heterocycles. The number of thiazole rings is 1. The molecule has 6 nitrogen and oxygen atoms in total. The standard InChI is InChI=1S/C16H16FN5OS/c17-10-2-1-3-11-13(10)14(18)21-16(20-11)4-6-22(7-5-16)15(23)12-8-19-9-24-12/h1-3,8-9,20H,4-7H2,(H2,18,21). The highest BCUT2D eigenvalue weighted by Gasteiger charge is 2.39. The van der Waals surface area contributed by atoms with Gasteiger partial charge >= 0.3 is 0 Å². The summed E-state index contributed by atoms with van der Waals surface area (Å²) in [6, 6.07) is 4.82. The molecule has 3 N–H and O–H groups in total. The number of amidine groups is 1. The Morgan fingerprint density at radius 2 is 2.17 bits per heavy atom. The van der Waals surface area contributed by atoms with Crippen LogP contribution in [0.4, 0.5) is 10.1 Å². The molecule has 1 aromatic heterocycles. The minimum atomic E-state index is -0.574. The van der Waals surface area contributed by atoms with Crippen molar-refractivity contribution in [2.24, 2.45) is 10.7 Å². The number of nitrogens with two attached hydrogens (primary N) is 1. The van der Waals surface area contributed by atoms with E-state index in [0.717, 1.165) is 0 Å². The number of anilines is 1. The number of fused-ring (bicyclic) bond motifs is 1. The third kappa shape index (κ3) is 2.43. The van der Waals surface area contributed by atoms with Crippen molar-refractivity contribution in [3.63, 3.8) is 0 Å². The smallest absolute Gasteiger partial charge is 0.265 e. The van der Waals surface area contributed by atoms with Crippen LogP contribution >= 0.6 is 11.3 Å². The molecule has 0 saturated carbocycles. The van der Waals surface area contributed by atoms with Crippen molar-refractivity contribution in [3.05, 3.63) is 46.2 Å². The zero-order chi connectivity index (χ0) is 16.7. The number of carbonyl (C=O) groups is 1. The van der Waals surface area contributed by atoms with Crippen molar-refractivity contribution in [2.75, 3.05) is 18.4 Å². The number of likely N-dealkylation sites (tertiary alicyclic amines) is 1. The summed E-state index contributed by atoms with van der Waals surface area (Å²) < 4.78 is 13.9. The summed E-state index contributed by atoms with van der Waals surface area (Å²) in [6.07, 6.45) is 2.83. The molecular weight excluding hydrogens is 329 g/mol. The number of rotatable bonds is 1. The first-order valence-corrected chi connectivity index (χ1v) is 8.56. The average molecular weight is 345 g/mol. The Morgan fingerprint density at radius 3 is 2.88 bits per heavy atom. The second-order valence-electron chi connectivity index (χ2n) is 5.97. The van der Waals surface area contributed by atoms with E-state index >= 15 is 0 Å². The summed E-state index contributed by atoms with van der Waals surface area (Å²) in [4.78, 5) is 23.3. The van der Waals surface area contributed by atoms with Gasteiger partial charge in [-0.05, 0) is 12.1 Å². The molecule has 1 saturated heterocycles. The monoisotopic (exact) mass is 345 g/mol. The van der Waals surface area contributed by atoms with Gasteiger partial charge in [-0.25, -0.2) is 9.38 Å². The van der Waals surface area contributed by atoms with Crippen LogP contribution in [0, 0.1) is 5.82 Å². The van der Waals surface area contributed by atoms with Crippen LogP contribution in [0.1, 0.15) is 28.1 Å². The van der Waals surface area contributed by atoms with E-state index < -0.39 is 5.66 Å². The first kappa shape index (κ1) is 15.1. The number of hydrogen-bond donors (Lipinski definition) is 2. The van der Waals surface area contributed by atoms with E-state index in [9.17, 15) is 9.18 Å². The van der Waals surface area contributed by atoms with Crippen LogP contribution in [0.3, 0.4) is 0 Å². The molecule has 124 valence electrons. The van der Waals surface area contributed by atoms with E-state index in [-0.39, 0.29) is 17.6 Å². The van der Waals surface area contributed by atoms with Crippen molar-refractivity contribution in [3.8, 4) is 0 Å². The van der Waals surface area contributed by atoms with Crippen LogP contribution in [0.5, 0.6) is 0 Å². The molecule has 0 bridgehead atoms. The number of halogens is 1. The van der Waals surface area contributed by atoms with E-state index in [0.29, 0.717) is 42.1 Å². The quantitative estimate of drug-likeness (QED) is 0.828. The minimum Gasteiger partial charge on any atom is -0.383 e. The number of nitrogens with zero attached hydrogens (tertiary/aromatic N) is 3. The molecular formula is C16H16FN5OS. The van der Waals surface area contributed by atoms with Crippen LogP contribution in [-0.2, 0) is 0 Å². The van der Waals surface area contributed by atoms with Gasteiger partial charge in [-0.1, -0.05) is 6.07 Å². The van der Waals surface area contributed by atoms with Crippen LogP contribution in [0.25, 0.3) is 0 Å². The molecule has 1 fully saturated rings. The predicted molar refractivity (Wildman–Crippen MR) is 90.7 cm³/mol. The molecule has 0 aliphatic carbocycles. The van der Waals surface area contributed by atoms with E-state index in [4.69, 9.17) is 5.73 Å². The van der Waals surface area contributed by atoms with Gasteiger partial charge in [0.1, 0.15) is 22.2 Å². The number of piperidine rings is 1. The molecule has 3 heterocycles. The first-order chi connectivity index (χ1) is 11.6. The number of aromatic nitrogens is 1. The van der Waals surface area contributed by atoms with E-state index in [1.54, 1.807) is 28.7 Å². The van der Waals surface area contributed by atoms with Gasteiger partial charge in [0, 0.05) is 31.6 Å². The number of aliphatic imine (C=N–C) groups is 1. The summed E-state index contributed by atoms with van der Waals surface area (Å²) in [5.41, 5.74) is 8.07. The maximum absolute atomic E-state index is 13.9. The predicted octanol–water partition coefficient (Wildman–Crippen LogP) is 2.05. The lowest BCUT2D eigenvalue weighted by molar-refractivity contribution is 0.0690. The van der Waals surface area contributed by atoms with E-state index in [1.165, 1.54) is 17.4 Å². The summed E-state index contributed by atoms with van der Waals surface area (Å²) in [5, 5.41) is 3.32. The molecule has 24 heavy (non-hydrogen) atoms. The zero-order valence-corrected chi connectivity index (χ0v) is 13.6. The summed E-state index contributed by atoms with van der Waals surface area (Å²) in [6.45, 7) is 1.12. The van der Waals surface area contributed by atoms with Crippen molar-refractivity contribution >= 4 is 28.8 Å². The zero-order valence-electron chi connectivity index (χ0n) is 12.8. The molecule has 4 rings (SSSR count). The van der Waals surface area contributed by atoms with Crippen molar-refractivity contribution in [1.29, 1.82) is 0 Å². The lowest BCUT2D eigenvalue weighted by Crippen LogP contribution is -2.52. The normalized spacial score (nSPS) is 18.7. The number of benzene rings is 1. The van der Waals surface area contributed by atoms with Crippen LogP contribution in [0.15, 0.2) is 34.9 Å². The van der Waals surface area contributed by atoms with E-state index in [1.807, 2.05) is 0 Å². The fourth-order valence-electron chi connectivity index (χ4n) is 3.25. The fourth-order valence-corrected chi connectivity index (χ4v) is 3.83. The topological polar surface area (TPSA) is 83.6 Å². The molecule has 0 radical (unpaired) electrons. The highest BCUT2D eigenvalue weighted by Crippen LogP contribution is 2.35. The lowest BCUT2D eigenvalue weighted by atomic mass is 9.93. The molecule has 1 aromatic carbocycles. The Balaban J connectivity index is 1.54. The van der Waals surface area contributed by atoms with Crippen molar-refractivity contribution < 1.29 is 9.18 Å². The lowest BCUT2D eigenvalue weighted by Gasteiger charge is -2.42. The number of amides is 1. The second kappa shape index (κ2) is 5.55. The molecule has 2 aromatic rings. The highest BCUT2D eigenvalue weighted by molar-refractivity contribution is 7.11. The largest absolute Gasteiger partial charge is 0.383 e. The summed E-state index contributed by atoms with van der Waals surface area (Å²) >= 11 is 1.34. The molecule has 1 spiro atoms. The third-order valence-corrected chi connectivity index (χ3v) is 5.25. The number of hydrogen-bond acceptors (Lipinski definition) is 6. The van der Waals surface area contributed by atoms with Gasteiger partial charge in [0.15, 0.2) is 0 Å². The molecule has 1 amide bonds. The molecule has 0 atom stereocenters. The van der Waals surface area contributed by atoms with Gasteiger partial charge in [-0.15, -0.1) is 11.3 Å². The van der Waals surface area contributed by atoms with Crippen LogP contribution in [-0.4, -0.2) is 40.4 Å². The SMILES string of the molecule is NC1=NC2(CCN(C(=O)c3cncs3)CC2)Nc2cccc(F)c21. The molecule has 0 unspecified atom stereocenters. The Labute approximate surface area is 142 Å². The average Bonchev–Trinajstić information content (AvgIpc) is 3.09. The van der Waals surface area contributed by atoms with Crippen molar-refractivity contribution in [1.82, 2.24) is 9.88 Å². The Kier molecular flexibility index (Phi) is 3.49. The molecule has 2 aliphatic rings. The van der Waals surface area contributed by atoms with E-state index in [2.05, 4.69) is 15.3 Å². The van der Waals surface area contributed by atoms with Crippen molar-refractivity contribution in [2.45, 2.75) is 18.5 Å². The van der Waals surface area contributed by atoms with Gasteiger partial charge in [0.2, 0.25) is 0 Å². The van der Waals surface area contributed by atoms with Crippen LogP contribution in [0.2, 0.25) is 0 Å². The van der Waals surface area contributed by atoms with Crippen LogP contribution < -0.4 is 11.1 Å². The first-order valence-electron chi connectivity index (χ1n) is 7.68. The minimum absolute atomic E-state index is 0.00782. The van der Waals surface area contributed by atoms with Gasteiger partial charge in [-0.2, -0.15) is 0 Å².